The van der Waals surface area contributed by atoms with E-state index in [4.69, 9.17) is 43.4 Å². The van der Waals surface area contributed by atoms with Crippen molar-refractivity contribution in [1.82, 2.24) is 10.6 Å². The third-order valence-corrected chi connectivity index (χ3v) is 6.32. The normalized spacial score (nSPS) is 30.3. The largest absolute Gasteiger partial charge is 0.463 e. The number of carbonyl (C=O) groups excluding carboxylic acids is 7. The first-order chi connectivity index (χ1) is 21.5. The van der Waals surface area contributed by atoms with E-state index in [0.29, 0.717) is 0 Å². The van der Waals surface area contributed by atoms with Gasteiger partial charge in [0, 0.05) is 53.4 Å². The first-order valence-corrected chi connectivity index (χ1v) is 13.9. The molecule has 2 heterocycles. The van der Waals surface area contributed by atoms with E-state index in [1.165, 1.54) is 0 Å². The molecule has 0 aromatic heterocycles. The second-order valence-electron chi connectivity index (χ2n) is 10.2. The van der Waals surface area contributed by atoms with Gasteiger partial charge in [0.25, 0.3) is 0 Å². The fourth-order valence-corrected chi connectivity index (χ4v) is 4.85. The van der Waals surface area contributed by atoms with Crippen molar-refractivity contribution in [2.45, 2.75) is 110 Å². The summed E-state index contributed by atoms with van der Waals surface area (Å²) in [5.41, 5.74) is 9.16. The van der Waals surface area contributed by atoms with E-state index >= 15 is 0 Å². The number of hydrogen-bond donors (Lipinski definition) is 2. The van der Waals surface area contributed by atoms with E-state index in [1.54, 1.807) is 0 Å². The highest BCUT2D eigenvalue weighted by Gasteiger charge is 2.55. The van der Waals surface area contributed by atoms with Crippen molar-refractivity contribution in [3.8, 4) is 0 Å². The Morgan fingerprint density at radius 3 is 1.50 bits per heavy atom. The highest BCUT2D eigenvalue weighted by atomic mass is 16.7. The molecule has 10 atom stereocenters. The molecule has 2 saturated heterocycles. The number of nitrogens with zero attached hydrogens (tertiary/aromatic N) is 3. The molecule has 0 aromatic rings. The number of nitrogens with one attached hydrogen (secondary N) is 2. The van der Waals surface area contributed by atoms with Crippen LogP contribution in [0.5, 0.6) is 0 Å². The number of amides is 2. The van der Waals surface area contributed by atoms with Crippen LogP contribution in [0.1, 0.15) is 48.5 Å². The van der Waals surface area contributed by atoms with E-state index in [2.05, 4.69) is 20.7 Å². The van der Waals surface area contributed by atoms with Crippen molar-refractivity contribution in [3.05, 3.63) is 10.4 Å². The topological polar surface area (TPSA) is 266 Å². The molecule has 256 valence electrons. The Morgan fingerprint density at radius 1 is 0.630 bits per heavy atom. The minimum absolute atomic E-state index is 0.545. The molecule has 0 aliphatic carbocycles. The fourth-order valence-electron chi connectivity index (χ4n) is 4.85. The quantitative estimate of drug-likeness (QED) is 0.0842. The van der Waals surface area contributed by atoms with Gasteiger partial charge in [0.15, 0.2) is 30.8 Å². The summed E-state index contributed by atoms with van der Waals surface area (Å²) in [5, 5.41) is 8.55. The minimum Gasteiger partial charge on any atom is -0.463 e. The number of hydrogen-bond acceptors (Lipinski definition) is 16. The van der Waals surface area contributed by atoms with E-state index < -0.39 is 116 Å². The summed E-state index contributed by atoms with van der Waals surface area (Å²) in [4.78, 5) is 87.2. The van der Waals surface area contributed by atoms with Gasteiger partial charge in [-0.05, 0) is 5.53 Å². The maximum absolute atomic E-state index is 12.4. The van der Waals surface area contributed by atoms with Crippen LogP contribution < -0.4 is 10.6 Å². The predicted molar refractivity (Wildman–Crippen MR) is 146 cm³/mol. The van der Waals surface area contributed by atoms with Gasteiger partial charge in [0.1, 0.15) is 43.6 Å². The van der Waals surface area contributed by atoms with Crippen LogP contribution in [0, 0.1) is 0 Å². The third-order valence-electron chi connectivity index (χ3n) is 6.32. The molecule has 2 rings (SSSR count). The van der Waals surface area contributed by atoms with E-state index in [-0.39, 0.29) is 0 Å². The molecule has 0 spiro atoms. The Kier molecular flexibility index (Phi) is 14.1. The molecule has 2 aliphatic heterocycles. The van der Waals surface area contributed by atoms with Gasteiger partial charge in [0.05, 0.1) is 0 Å². The van der Waals surface area contributed by atoms with Crippen molar-refractivity contribution in [3.63, 3.8) is 0 Å². The van der Waals surface area contributed by atoms with Gasteiger partial charge >= 0.3 is 29.8 Å². The van der Waals surface area contributed by atoms with Crippen molar-refractivity contribution >= 4 is 41.7 Å². The minimum atomic E-state index is -1.68. The average Bonchev–Trinajstić information content (AvgIpc) is 2.91. The lowest BCUT2D eigenvalue weighted by Gasteiger charge is -2.49. The lowest BCUT2D eigenvalue weighted by atomic mass is 9.93. The zero-order valence-electron chi connectivity index (χ0n) is 26.2. The third kappa shape index (κ3) is 11.1. The molecule has 2 fully saturated rings. The van der Waals surface area contributed by atoms with Gasteiger partial charge in [-0.2, -0.15) is 0 Å². The summed E-state index contributed by atoms with van der Waals surface area (Å²) < 4.78 is 44.7. The van der Waals surface area contributed by atoms with Gasteiger partial charge in [-0.1, -0.05) is 5.11 Å². The van der Waals surface area contributed by atoms with Crippen LogP contribution in [-0.2, 0) is 71.5 Å². The summed E-state index contributed by atoms with van der Waals surface area (Å²) in [6, 6.07) is -2.81. The number of azide groups is 1. The molecule has 20 heteroatoms. The summed E-state index contributed by atoms with van der Waals surface area (Å²) in [7, 11) is 0. The second kappa shape index (κ2) is 17.2. The lowest BCUT2D eigenvalue weighted by molar-refractivity contribution is -0.317. The van der Waals surface area contributed by atoms with Crippen molar-refractivity contribution < 1.29 is 71.5 Å². The number of rotatable bonds is 12. The summed E-state index contributed by atoms with van der Waals surface area (Å²) in [6.07, 6.45) is -11.9. The molecule has 20 nitrogen and oxygen atoms in total. The molecule has 0 radical (unpaired) electrons. The Hall–Kier alpha value is -4.52. The van der Waals surface area contributed by atoms with E-state index in [0.717, 1.165) is 48.5 Å². The lowest BCUT2D eigenvalue weighted by Crippen LogP contribution is -2.70. The predicted octanol–water partition coefficient (Wildman–Crippen LogP) is -0.938. The second-order valence-corrected chi connectivity index (χ2v) is 10.2. The Bertz CT molecular complexity index is 1220. The first kappa shape index (κ1) is 37.7. The summed E-state index contributed by atoms with van der Waals surface area (Å²) in [6.45, 7) is 6.53. The summed E-state index contributed by atoms with van der Waals surface area (Å²) >= 11 is 0. The van der Waals surface area contributed by atoms with Crippen molar-refractivity contribution in [2.24, 2.45) is 5.11 Å². The maximum atomic E-state index is 12.4. The summed E-state index contributed by atoms with van der Waals surface area (Å²) in [5.74, 6) is -5.38. The van der Waals surface area contributed by atoms with Gasteiger partial charge < -0.3 is 48.5 Å². The first-order valence-electron chi connectivity index (χ1n) is 13.9. The van der Waals surface area contributed by atoms with E-state index in [1.807, 2.05) is 0 Å². The zero-order chi connectivity index (χ0) is 34.7. The van der Waals surface area contributed by atoms with Crippen LogP contribution in [0.15, 0.2) is 5.11 Å². The molecule has 0 unspecified atom stereocenters. The van der Waals surface area contributed by atoms with Gasteiger partial charge in [-0.25, -0.2) is 0 Å². The molecule has 0 bridgehead atoms. The highest BCUT2D eigenvalue weighted by molar-refractivity contribution is 5.74. The van der Waals surface area contributed by atoms with Crippen LogP contribution in [0.4, 0.5) is 0 Å². The standard InChI is InChI=1S/C26H37N5O15/c1-10(32)28-19-23(42-15(6)37)22(17(8-39-12(3)34)44-25(19)30-31-27)46-26-20(29-11(2)33)24(43-16(7)38)21(41-14(5)36)18(45-26)9-40-13(4)35/h17-26H,8-9H2,1-7H3,(H,28,32)(H,29,33)/t17-,18-,19-,20-,21-,22-,23-,24-,25-,26+/m1/s1. The zero-order valence-corrected chi connectivity index (χ0v) is 26.2. The Balaban J connectivity index is 2.73. The van der Waals surface area contributed by atoms with Gasteiger partial charge in [-0.15, -0.1) is 0 Å². The molecule has 2 amide bonds. The Morgan fingerprint density at radius 2 is 1.07 bits per heavy atom. The monoisotopic (exact) mass is 659 g/mol. The maximum Gasteiger partial charge on any atom is 0.303 e. The highest BCUT2D eigenvalue weighted by Crippen LogP contribution is 2.33. The molecular weight excluding hydrogens is 622 g/mol. The number of esters is 5. The molecule has 2 N–H and O–H groups in total. The van der Waals surface area contributed by atoms with Crippen LogP contribution in [0.3, 0.4) is 0 Å². The molecule has 0 aromatic carbocycles. The molecule has 46 heavy (non-hydrogen) atoms. The molecule has 0 saturated carbocycles. The molecular formula is C26H37N5O15. The number of carbonyl (C=O) groups is 7. The molecule has 2 aliphatic rings. The van der Waals surface area contributed by atoms with E-state index in [9.17, 15) is 33.6 Å². The smallest absolute Gasteiger partial charge is 0.303 e. The fraction of sp³-hybridized carbons (Fsp3) is 0.731. The van der Waals surface area contributed by atoms with Crippen LogP contribution in [0.2, 0.25) is 0 Å². The number of ether oxygens (including phenoxy) is 8. The Labute approximate surface area is 262 Å². The average molecular weight is 660 g/mol. The van der Waals surface area contributed by atoms with Crippen LogP contribution >= 0.6 is 0 Å². The van der Waals surface area contributed by atoms with Crippen molar-refractivity contribution in [1.29, 1.82) is 0 Å². The SMILES string of the molecule is CC(=O)N[C@@H]1[C@@H](OC(C)=O)[C@H](O[C@@H]2O[C@H](COC(C)=O)[C@@H](OC(C)=O)[C@H](OC(C)=O)[C@H]2NC(C)=O)[C@@H](COC(C)=O)O[C@H]1N=[N+]=[N-]. The van der Waals surface area contributed by atoms with Gasteiger partial charge in [-0.3, -0.25) is 33.6 Å². The van der Waals surface area contributed by atoms with Crippen molar-refractivity contribution in [2.75, 3.05) is 13.2 Å². The van der Waals surface area contributed by atoms with Gasteiger partial charge in [0.2, 0.25) is 11.8 Å². The van der Waals surface area contributed by atoms with Crippen LogP contribution in [0.25, 0.3) is 10.4 Å². The van der Waals surface area contributed by atoms with Crippen LogP contribution in [-0.4, -0.2) is 116 Å².